The highest BCUT2D eigenvalue weighted by Gasteiger charge is 2.22. The van der Waals surface area contributed by atoms with Crippen molar-refractivity contribution in [3.05, 3.63) is 106 Å². The molecule has 42 heavy (non-hydrogen) atoms. The second-order valence-electron chi connectivity index (χ2n) is 10.2. The third-order valence-electron chi connectivity index (χ3n) is 6.86. The van der Waals surface area contributed by atoms with Gasteiger partial charge in [-0.2, -0.15) is 0 Å². The summed E-state index contributed by atoms with van der Waals surface area (Å²) in [6.45, 7) is 17.1. The number of hydrogen-bond acceptors (Lipinski definition) is 4. The molecule has 3 aromatic rings. The molecule has 4 rings (SSSR count). The van der Waals surface area contributed by atoms with Gasteiger partial charge in [-0.1, -0.05) is 81.2 Å². The molecule has 4 nitrogen and oxygen atoms in total. The van der Waals surface area contributed by atoms with Gasteiger partial charge in [0.1, 0.15) is 0 Å². The van der Waals surface area contributed by atoms with Crippen LogP contribution in [0.25, 0.3) is 10.9 Å². The molecule has 1 aliphatic rings. The van der Waals surface area contributed by atoms with Gasteiger partial charge in [-0.15, -0.1) is 12.4 Å². The summed E-state index contributed by atoms with van der Waals surface area (Å²) in [5, 5.41) is 0.463. The molecule has 0 amide bonds. The number of sulfone groups is 1. The van der Waals surface area contributed by atoms with Crippen molar-refractivity contribution < 1.29 is 13.2 Å². The molecule has 0 spiro atoms. The predicted octanol–water partition coefficient (Wildman–Crippen LogP) is 8.95. The average Bonchev–Trinajstić information content (AvgIpc) is 2.94. The number of carbonyl (C=O) groups excluding carboxylic acids is 1. The van der Waals surface area contributed by atoms with Gasteiger partial charge in [0.15, 0.2) is 15.6 Å². The smallest absolute Gasteiger partial charge is 0.182 e. The first kappa shape index (κ1) is 36.6. The Balaban J connectivity index is 0.000000398. The number of nitrogens with zero attached hydrogens (tertiary/aromatic N) is 1. The topological polar surface area (TPSA) is 64.1 Å². The summed E-state index contributed by atoms with van der Waals surface area (Å²) >= 11 is 0. The molecular formula is C36H44ClNO3S. The molecule has 1 unspecified atom stereocenters. The number of benzene rings is 2. The first-order chi connectivity index (χ1) is 19.4. The van der Waals surface area contributed by atoms with Crippen molar-refractivity contribution in [2.45, 2.75) is 78.9 Å². The van der Waals surface area contributed by atoms with Crippen LogP contribution in [-0.2, 0) is 14.6 Å². The van der Waals surface area contributed by atoms with E-state index in [1.807, 2.05) is 64.1 Å². The van der Waals surface area contributed by atoms with Crippen molar-refractivity contribution in [3.8, 4) is 11.8 Å². The van der Waals surface area contributed by atoms with Crippen LogP contribution < -0.4 is 0 Å². The number of aryl methyl sites for hydroxylation is 2. The van der Waals surface area contributed by atoms with Gasteiger partial charge in [0.05, 0.1) is 15.7 Å². The molecule has 1 aliphatic carbocycles. The SMILES string of the molecule is CC.CC(=O)/C1=C/C(C)=C(C#Cc2ccccc2C)\C=C\CC1C.Cc1ccnc2c(S(=O)(=O)C(C)C)cccc12.Cl. The number of Topliss-reactive ketones (excluding diaryl/α,β-unsaturated/α-hetero) is 1. The van der Waals surface area contributed by atoms with Crippen molar-refractivity contribution >= 4 is 38.9 Å². The summed E-state index contributed by atoms with van der Waals surface area (Å²) in [5.41, 5.74) is 6.75. The van der Waals surface area contributed by atoms with E-state index in [1.165, 1.54) is 5.56 Å². The van der Waals surface area contributed by atoms with Crippen LogP contribution in [0.4, 0.5) is 0 Å². The van der Waals surface area contributed by atoms with Gasteiger partial charge in [-0.25, -0.2) is 8.42 Å². The molecule has 2 aromatic carbocycles. The van der Waals surface area contributed by atoms with E-state index in [4.69, 9.17) is 0 Å². The number of hydrogen-bond donors (Lipinski definition) is 0. The second-order valence-corrected chi connectivity index (χ2v) is 12.7. The van der Waals surface area contributed by atoms with Crippen LogP contribution in [-0.4, -0.2) is 24.4 Å². The molecule has 1 atom stereocenters. The van der Waals surface area contributed by atoms with E-state index in [2.05, 4.69) is 48.9 Å². The zero-order chi connectivity index (χ0) is 30.7. The minimum absolute atomic E-state index is 0. The number of rotatable bonds is 3. The highest BCUT2D eigenvalue weighted by molar-refractivity contribution is 7.92. The van der Waals surface area contributed by atoms with E-state index in [9.17, 15) is 13.2 Å². The van der Waals surface area contributed by atoms with E-state index in [0.717, 1.165) is 39.7 Å². The van der Waals surface area contributed by atoms with Crippen LogP contribution >= 0.6 is 12.4 Å². The molecular weight excluding hydrogens is 562 g/mol. The van der Waals surface area contributed by atoms with Crippen molar-refractivity contribution in [3.63, 3.8) is 0 Å². The largest absolute Gasteiger partial charge is 0.295 e. The van der Waals surface area contributed by atoms with Crippen LogP contribution in [0.2, 0.25) is 0 Å². The van der Waals surface area contributed by atoms with Gasteiger partial charge in [0.25, 0.3) is 0 Å². The molecule has 0 radical (unpaired) electrons. The Hall–Kier alpha value is -3.46. The van der Waals surface area contributed by atoms with Crippen LogP contribution in [0.15, 0.2) is 94.6 Å². The Bertz CT molecular complexity index is 1650. The molecule has 0 bridgehead atoms. The standard InChI is InChI=1S/C21H22O.C13H15NO2S.C2H6.ClH/c1-15-8-5-6-10-19(15)12-13-20-11-7-9-16(2)21(18(4)22)14-17(20)3;1-9(2)17(15,16)12-6-4-5-11-10(3)7-8-14-13(11)12;1-2;/h5-8,10-11,14,16H,9H2,1-4H3;4-9H,1-3H3;1-2H3;1H/b11-7+,20-17+,21-14+;;;. The number of aromatic nitrogens is 1. The highest BCUT2D eigenvalue weighted by Crippen LogP contribution is 2.26. The fourth-order valence-electron chi connectivity index (χ4n) is 4.31. The van der Waals surface area contributed by atoms with Gasteiger partial charge in [-0.05, 0) is 94.4 Å². The Morgan fingerprint density at radius 2 is 1.62 bits per heavy atom. The quantitative estimate of drug-likeness (QED) is 0.280. The van der Waals surface area contributed by atoms with Crippen LogP contribution in [0, 0.1) is 31.6 Å². The summed E-state index contributed by atoms with van der Waals surface area (Å²) in [6.07, 6.45) is 8.71. The van der Waals surface area contributed by atoms with Gasteiger partial charge in [-0.3, -0.25) is 9.78 Å². The summed E-state index contributed by atoms with van der Waals surface area (Å²) in [6, 6.07) is 15.3. The zero-order valence-electron chi connectivity index (χ0n) is 26.3. The van der Waals surface area contributed by atoms with Gasteiger partial charge in [0.2, 0.25) is 0 Å². The lowest BCUT2D eigenvalue weighted by Crippen LogP contribution is -2.14. The summed E-state index contributed by atoms with van der Waals surface area (Å²) in [7, 11) is -3.28. The molecule has 224 valence electrons. The number of fused-ring (bicyclic) bond motifs is 1. The molecule has 1 aromatic heterocycles. The number of pyridine rings is 1. The molecule has 0 saturated heterocycles. The van der Waals surface area contributed by atoms with Crippen molar-refractivity contribution in [2.75, 3.05) is 0 Å². The maximum absolute atomic E-state index is 12.2. The van der Waals surface area contributed by atoms with Crippen molar-refractivity contribution in [2.24, 2.45) is 5.92 Å². The third kappa shape index (κ3) is 9.28. The molecule has 0 saturated carbocycles. The molecule has 1 heterocycles. The number of allylic oxidation sites excluding steroid dienone is 6. The van der Waals surface area contributed by atoms with Crippen LogP contribution in [0.3, 0.4) is 0 Å². The van der Waals surface area contributed by atoms with Gasteiger partial charge < -0.3 is 0 Å². The van der Waals surface area contributed by atoms with E-state index in [1.54, 1.807) is 39.1 Å². The lowest BCUT2D eigenvalue weighted by Gasteiger charge is -2.14. The van der Waals surface area contributed by atoms with E-state index >= 15 is 0 Å². The Labute approximate surface area is 259 Å². The first-order valence-corrected chi connectivity index (χ1v) is 15.7. The maximum atomic E-state index is 12.2. The average molecular weight is 606 g/mol. The Kier molecular flexibility index (Phi) is 14.7. The normalized spacial score (nSPS) is 18.2. The number of para-hydroxylation sites is 1. The number of halogens is 1. The van der Waals surface area contributed by atoms with Crippen LogP contribution in [0.5, 0.6) is 0 Å². The molecule has 0 fully saturated rings. The van der Waals surface area contributed by atoms with Crippen molar-refractivity contribution in [1.82, 2.24) is 4.98 Å². The minimum atomic E-state index is -3.28. The van der Waals surface area contributed by atoms with Gasteiger partial charge >= 0.3 is 0 Å². The van der Waals surface area contributed by atoms with E-state index in [-0.39, 0.29) is 24.1 Å². The lowest BCUT2D eigenvalue weighted by atomic mass is 9.89. The monoisotopic (exact) mass is 605 g/mol. The summed E-state index contributed by atoms with van der Waals surface area (Å²) in [5.74, 6) is 6.91. The van der Waals surface area contributed by atoms with Crippen LogP contribution in [0.1, 0.15) is 71.6 Å². The third-order valence-corrected chi connectivity index (χ3v) is 9.05. The zero-order valence-corrected chi connectivity index (χ0v) is 27.9. The summed E-state index contributed by atoms with van der Waals surface area (Å²) < 4.78 is 24.4. The summed E-state index contributed by atoms with van der Waals surface area (Å²) in [4.78, 5) is 16.3. The fraction of sp³-hybridized carbons (Fsp3) is 0.333. The highest BCUT2D eigenvalue weighted by atomic mass is 35.5. The minimum Gasteiger partial charge on any atom is -0.295 e. The van der Waals surface area contributed by atoms with Crippen molar-refractivity contribution in [1.29, 1.82) is 0 Å². The number of carbonyl (C=O) groups is 1. The lowest BCUT2D eigenvalue weighted by molar-refractivity contribution is -0.114. The number of ketones is 1. The first-order valence-electron chi connectivity index (χ1n) is 14.2. The fourth-order valence-corrected chi connectivity index (χ4v) is 5.52. The molecule has 6 heteroatoms. The Morgan fingerprint density at radius 1 is 0.952 bits per heavy atom. The maximum Gasteiger partial charge on any atom is 0.182 e. The van der Waals surface area contributed by atoms with E-state index in [0.29, 0.717) is 10.4 Å². The predicted molar refractivity (Wildman–Crippen MR) is 180 cm³/mol. The Morgan fingerprint density at radius 3 is 2.24 bits per heavy atom. The molecule has 0 N–H and O–H groups in total. The van der Waals surface area contributed by atoms with Gasteiger partial charge in [0, 0.05) is 22.7 Å². The van der Waals surface area contributed by atoms with E-state index < -0.39 is 15.1 Å². The molecule has 0 aliphatic heterocycles. The second kappa shape index (κ2) is 16.9.